The minimum absolute atomic E-state index is 0.00734. The van der Waals surface area contributed by atoms with Crippen molar-refractivity contribution in [1.82, 2.24) is 25.3 Å². The van der Waals surface area contributed by atoms with Gasteiger partial charge in [0.25, 0.3) is 0 Å². The molecule has 138 valence electrons. The van der Waals surface area contributed by atoms with Crippen molar-refractivity contribution in [3.8, 4) is 5.69 Å². The van der Waals surface area contributed by atoms with Crippen LogP contribution in [0, 0.1) is 0 Å². The van der Waals surface area contributed by atoms with Gasteiger partial charge < -0.3 is 10.1 Å². The molecular weight excluding hydrogens is 342 g/mol. The summed E-state index contributed by atoms with van der Waals surface area (Å²) in [5, 5.41) is 11.3. The molecule has 0 aliphatic carbocycles. The van der Waals surface area contributed by atoms with E-state index in [1.807, 2.05) is 42.5 Å². The molecule has 0 saturated carbocycles. The first-order valence-electron chi connectivity index (χ1n) is 9.01. The molecule has 7 heteroatoms. The number of benzene rings is 1. The van der Waals surface area contributed by atoms with Gasteiger partial charge in [-0.15, -0.1) is 5.10 Å². The van der Waals surface area contributed by atoms with E-state index in [9.17, 15) is 4.79 Å². The monoisotopic (exact) mass is 363 g/mol. The van der Waals surface area contributed by atoms with Crippen molar-refractivity contribution in [2.45, 2.75) is 24.8 Å². The molecule has 7 nitrogen and oxygen atoms in total. The minimum atomic E-state index is -0.557. The fourth-order valence-electron chi connectivity index (χ4n) is 3.46. The SMILES string of the molecule is O=C(NCc1cn(-c2cccnc2)nn1)C1(c2ccccc2)CCOCC1. The van der Waals surface area contributed by atoms with Crippen LogP contribution in [0.1, 0.15) is 24.1 Å². The number of amides is 1. The molecule has 0 unspecified atom stereocenters. The first-order valence-corrected chi connectivity index (χ1v) is 9.01. The Morgan fingerprint density at radius 2 is 1.96 bits per heavy atom. The summed E-state index contributed by atoms with van der Waals surface area (Å²) in [6.07, 6.45) is 6.56. The van der Waals surface area contributed by atoms with Gasteiger partial charge in [-0.2, -0.15) is 0 Å². The standard InChI is InChI=1S/C20H21N5O2/c26-19(20(8-11-27-12-9-20)16-5-2-1-3-6-16)22-13-17-15-25(24-23-17)18-7-4-10-21-14-18/h1-7,10,14-15H,8-9,11-13H2,(H,22,26). The Labute approximate surface area is 157 Å². The van der Waals surface area contributed by atoms with Crippen LogP contribution in [0.3, 0.4) is 0 Å². The molecule has 1 N–H and O–H groups in total. The van der Waals surface area contributed by atoms with Crippen molar-refractivity contribution in [1.29, 1.82) is 0 Å². The molecule has 0 bridgehead atoms. The van der Waals surface area contributed by atoms with Gasteiger partial charge in [0, 0.05) is 19.4 Å². The predicted molar refractivity (Wildman–Crippen MR) is 99.2 cm³/mol. The van der Waals surface area contributed by atoms with Gasteiger partial charge in [-0.3, -0.25) is 9.78 Å². The number of aromatic nitrogens is 4. The maximum Gasteiger partial charge on any atom is 0.231 e. The normalized spacial score (nSPS) is 16.0. The third-order valence-corrected chi connectivity index (χ3v) is 4.99. The molecule has 1 aromatic carbocycles. The van der Waals surface area contributed by atoms with Gasteiger partial charge in [0.2, 0.25) is 5.91 Å². The number of carbonyl (C=O) groups is 1. The highest BCUT2D eigenvalue weighted by atomic mass is 16.5. The van der Waals surface area contributed by atoms with E-state index in [1.165, 1.54) is 0 Å². The highest BCUT2D eigenvalue weighted by molar-refractivity contribution is 5.88. The second-order valence-corrected chi connectivity index (χ2v) is 6.61. The second-order valence-electron chi connectivity index (χ2n) is 6.61. The van der Waals surface area contributed by atoms with E-state index in [2.05, 4.69) is 20.6 Å². The van der Waals surface area contributed by atoms with E-state index in [0.29, 0.717) is 38.3 Å². The molecule has 2 aromatic heterocycles. The number of carbonyl (C=O) groups excluding carboxylic acids is 1. The van der Waals surface area contributed by atoms with Gasteiger partial charge in [0.1, 0.15) is 5.69 Å². The molecule has 1 saturated heterocycles. The molecule has 27 heavy (non-hydrogen) atoms. The lowest BCUT2D eigenvalue weighted by Crippen LogP contribution is -2.47. The molecule has 1 aliphatic rings. The average molecular weight is 363 g/mol. The van der Waals surface area contributed by atoms with Crippen LogP contribution >= 0.6 is 0 Å². The molecule has 1 amide bonds. The van der Waals surface area contributed by atoms with Gasteiger partial charge >= 0.3 is 0 Å². The maximum atomic E-state index is 13.1. The van der Waals surface area contributed by atoms with E-state index in [1.54, 1.807) is 23.3 Å². The van der Waals surface area contributed by atoms with E-state index in [0.717, 1.165) is 11.3 Å². The van der Waals surface area contributed by atoms with Crippen molar-refractivity contribution in [2.75, 3.05) is 13.2 Å². The van der Waals surface area contributed by atoms with Gasteiger partial charge in [0.15, 0.2) is 0 Å². The number of nitrogens with one attached hydrogen (secondary N) is 1. The second kappa shape index (κ2) is 7.67. The number of hydrogen-bond donors (Lipinski definition) is 1. The maximum absolute atomic E-state index is 13.1. The minimum Gasteiger partial charge on any atom is -0.381 e. The summed E-state index contributed by atoms with van der Waals surface area (Å²) in [7, 11) is 0. The highest BCUT2D eigenvalue weighted by Crippen LogP contribution is 2.35. The molecule has 0 radical (unpaired) electrons. The molecule has 0 spiro atoms. The molecule has 4 rings (SSSR count). The van der Waals surface area contributed by atoms with E-state index >= 15 is 0 Å². The van der Waals surface area contributed by atoms with Gasteiger partial charge in [-0.05, 0) is 30.5 Å². The predicted octanol–water partition coefficient (Wildman–Crippen LogP) is 2.03. The lowest BCUT2D eigenvalue weighted by Gasteiger charge is -2.36. The number of nitrogens with zero attached hydrogens (tertiary/aromatic N) is 4. The van der Waals surface area contributed by atoms with Crippen LogP contribution in [0.2, 0.25) is 0 Å². The van der Waals surface area contributed by atoms with Crippen LogP contribution < -0.4 is 5.32 Å². The van der Waals surface area contributed by atoms with Gasteiger partial charge in [-0.25, -0.2) is 4.68 Å². The Balaban J connectivity index is 1.48. The van der Waals surface area contributed by atoms with Crippen LogP contribution in [0.25, 0.3) is 5.69 Å². The fraction of sp³-hybridized carbons (Fsp3) is 0.300. The fourth-order valence-corrected chi connectivity index (χ4v) is 3.46. The van der Waals surface area contributed by atoms with E-state index in [-0.39, 0.29) is 5.91 Å². The van der Waals surface area contributed by atoms with Crippen molar-refractivity contribution >= 4 is 5.91 Å². The highest BCUT2D eigenvalue weighted by Gasteiger charge is 2.41. The summed E-state index contributed by atoms with van der Waals surface area (Å²) in [6.45, 7) is 1.49. The zero-order chi connectivity index (χ0) is 18.5. The van der Waals surface area contributed by atoms with Crippen molar-refractivity contribution in [2.24, 2.45) is 0 Å². The molecular formula is C20H21N5O2. The number of pyridine rings is 1. The zero-order valence-corrected chi connectivity index (χ0v) is 14.9. The van der Waals surface area contributed by atoms with Gasteiger partial charge in [-0.1, -0.05) is 35.5 Å². The Hall–Kier alpha value is -3.06. The summed E-state index contributed by atoms with van der Waals surface area (Å²) in [6, 6.07) is 13.7. The number of rotatable bonds is 5. The Morgan fingerprint density at radius 1 is 1.15 bits per heavy atom. The van der Waals surface area contributed by atoms with E-state index < -0.39 is 5.41 Å². The smallest absolute Gasteiger partial charge is 0.231 e. The summed E-state index contributed by atoms with van der Waals surface area (Å²) in [4.78, 5) is 17.2. The summed E-state index contributed by atoms with van der Waals surface area (Å²) >= 11 is 0. The lowest BCUT2D eigenvalue weighted by atomic mass is 9.73. The third kappa shape index (κ3) is 3.59. The Morgan fingerprint density at radius 3 is 2.70 bits per heavy atom. The molecule has 1 aliphatic heterocycles. The molecule has 1 fully saturated rings. The Kier molecular flexibility index (Phi) is 4.93. The quantitative estimate of drug-likeness (QED) is 0.750. The first kappa shape index (κ1) is 17.4. The van der Waals surface area contributed by atoms with Crippen molar-refractivity contribution in [3.05, 3.63) is 72.3 Å². The van der Waals surface area contributed by atoms with Crippen LogP contribution in [0.15, 0.2) is 61.1 Å². The largest absolute Gasteiger partial charge is 0.381 e. The van der Waals surface area contributed by atoms with Gasteiger partial charge in [0.05, 0.1) is 30.0 Å². The van der Waals surface area contributed by atoms with Crippen LogP contribution in [0.5, 0.6) is 0 Å². The van der Waals surface area contributed by atoms with Crippen molar-refractivity contribution < 1.29 is 9.53 Å². The average Bonchev–Trinajstić information content (AvgIpc) is 3.23. The molecule has 3 aromatic rings. The van der Waals surface area contributed by atoms with Crippen LogP contribution in [-0.4, -0.2) is 39.1 Å². The van der Waals surface area contributed by atoms with E-state index in [4.69, 9.17) is 4.74 Å². The van der Waals surface area contributed by atoms with Crippen LogP contribution in [-0.2, 0) is 21.5 Å². The molecule has 3 heterocycles. The summed E-state index contributed by atoms with van der Waals surface area (Å²) in [5.41, 5.74) is 2.00. The zero-order valence-electron chi connectivity index (χ0n) is 14.9. The number of hydrogen-bond acceptors (Lipinski definition) is 5. The Bertz CT molecular complexity index is 889. The topological polar surface area (TPSA) is 81.9 Å². The lowest BCUT2D eigenvalue weighted by molar-refractivity contribution is -0.130. The summed E-state index contributed by atoms with van der Waals surface area (Å²) < 4.78 is 7.15. The summed E-state index contributed by atoms with van der Waals surface area (Å²) in [5.74, 6) is 0.00734. The third-order valence-electron chi connectivity index (χ3n) is 4.99. The molecule has 0 atom stereocenters. The van der Waals surface area contributed by atoms with Crippen molar-refractivity contribution in [3.63, 3.8) is 0 Å². The first-order chi connectivity index (χ1) is 13.3. The van der Waals surface area contributed by atoms with Crippen LogP contribution in [0.4, 0.5) is 0 Å². The number of ether oxygens (including phenoxy) is 1.